The largest absolute Gasteiger partial charge is 0.376 e. The summed E-state index contributed by atoms with van der Waals surface area (Å²) in [6.45, 7) is 5.52. The van der Waals surface area contributed by atoms with Gasteiger partial charge >= 0.3 is 0 Å². The zero-order chi connectivity index (χ0) is 10.6. The summed E-state index contributed by atoms with van der Waals surface area (Å²) < 4.78 is 0. The van der Waals surface area contributed by atoms with Gasteiger partial charge in [-0.15, -0.1) is 0 Å². The molecule has 3 heteroatoms. The van der Waals surface area contributed by atoms with E-state index in [1.165, 1.54) is 32.1 Å². The van der Waals surface area contributed by atoms with E-state index in [0.29, 0.717) is 11.2 Å². The third kappa shape index (κ3) is 3.45. The van der Waals surface area contributed by atoms with Gasteiger partial charge in [-0.05, 0) is 37.4 Å². The summed E-state index contributed by atoms with van der Waals surface area (Å²) >= 11 is 5.11. The Morgan fingerprint density at radius 1 is 1.43 bits per heavy atom. The van der Waals surface area contributed by atoms with Gasteiger partial charge in [0.25, 0.3) is 0 Å². The van der Waals surface area contributed by atoms with Gasteiger partial charge in [0.15, 0.2) is 5.11 Å². The van der Waals surface area contributed by atoms with E-state index in [1.807, 2.05) is 0 Å². The predicted octanol–water partition coefficient (Wildman–Crippen LogP) is 2.52. The molecular weight excluding hydrogens is 192 g/mol. The third-order valence-electron chi connectivity index (χ3n) is 3.00. The number of thiocarbonyl (C=S) groups is 1. The van der Waals surface area contributed by atoms with Crippen molar-refractivity contribution in [3.05, 3.63) is 0 Å². The maximum atomic E-state index is 5.76. The van der Waals surface area contributed by atoms with Crippen LogP contribution in [0.4, 0.5) is 0 Å². The van der Waals surface area contributed by atoms with Crippen LogP contribution < -0.4 is 5.73 Å². The molecule has 0 aliphatic heterocycles. The average Bonchev–Trinajstić information content (AvgIpc) is 2.56. The summed E-state index contributed by atoms with van der Waals surface area (Å²) in [7, 11) is 0. The summed E-state index contributed by atoms with van der Waals surface area (Å²) in [5.41, 5.74) is 5.76. The Balaban J connectivity index is 2.42. The molecule has 0 unspecified atom stereocenters. The van der Waals surface area contributed by atoms with Gasteiger partial charge in [-0.3, -0.25) is 0 Å². The lowest BCUT2D eigenvalue weighted by atomic mass is 10.1. The second kappa shape index (κ2) is 5.54. The normalized spacial score (nSPS) is 17.6. The lowest BCUT2D eigenvalue weighted by Crippen LogP contribution is -2.43. The first-order chi connectivity index (χ1) is 6.61. The highest BCUT2D eigenvalue weighted by Crippen LogP contribution is 2.23. The molecule has 14 heavy (non-hydrogen) atoms. The standard InChI is InChI=1S/C11H22N2S/c1-9(2)7-8-13(11(12)14)10-5-3-4-6-10/h9-10H,3-8H2,1-2H3,(H2,12,14). The van der Waals surface area contributed by atoms with Crippen molar-refractivity contribution in [3.8, 4) is 0 Å². The van der Waals surface area contributed by atoms with Crippen LogP contribution >= 0.6 is 12.2 Å². The first kappa shape index (κ1) is 11.8. The first-order valence-corrected chi connectivity index (χ1v) is 6.08. The van der Waals surface area contributed by atoms with Crippen molar-refractivity contribution < 1.29 is 0 Å². The molecule has 1 saturated carbocycles. The zero-order valence-corrected chi connectivity index (χ0v) is 10.1. The molecule has 82 valence electrons. The maximum Gasteiger partial charge on any atom is 0.166 e. The fraction of sp³-hybridized carbons (Fsp3) is 0.909. The van der Waals surface area contributed by atoms with Crippen LogP contribution in [0.5, 0.6) is 0 Å². The van der Waals surface area contributed by atoms with Gasteiger partial charge in [0, 0.05) is 12.6 Å². The van der Waals surface area contributed by atoms with Crippen molar-refractivity contribution in [2.75, 3.05) is 6.54 Å². The van der Waals surface area contributed by atoms with E-state index >= 15 is 0 Å². The Labute approximate surface area is 92.8 Å². The topological polar surface area (TPSA) is 29.3 Å². The second-order valence-electron chi connectivity index (χ2n) is 4.65. The van der Waals surface area contributed by atoms with Crippen LogP contribution in [-0.4, -0.2) is 22.6 Å². The Hall–Kier alpha value is -0.310. The van der Waals surface area contributed by atoms with E-state index < -0.39 is 0 Å². The van der Waals surface area contributed by atoms with Gasteiger partial charge in [0.2, 0.25) is 0 Å². The summed E-state index contributed by atoms with van der Waals surface area (Å²) in [6, 6.07) is 0.631. The molecular formula is C11H22N2S. The minimum atomic E-state index is 0.595. The average molecular weight is 214 g/mol. The smallest absolute Gasteiger partial charge is 0.166 e. The minimum Gasteiger partial charge on any atom is -0.376 e. The lowest BCUT2D eigenvalue weighted by molar-refractivity contribution is 0.298. The van der Waals surface area contributed by atoms with E-state index in [9.17, 15) is 0 Å². The molecule has 1 rings (SSSR count). The van der Waals surface area contributed by atoms with Crippen molar-refractivity contribution in [1.82, 2.24) is 4.90 Å². The molecule has 1 aliphatic carbocycles. The van der Waals surface area contributed by atoms with Crippen LogP contribution in [0.25, 0.3) is 0 Å². The first-order valence-electron chi connectivity index (χ1n) is 5.67. The highest BCUT2D eigenvalue weighted by Gasteiger charge is 2.22. The summed E-state index contributed by atoms with van der Waals surface area (Å²) in [5, 5.41) is 0.595. The maximum absolute atomic E-state index is 5.76. The molecule has 0 radical (unpaired) electrons. The number of nitrogens with two attached hydrogens (primary N) is 1. The number of nitrogens with zero attached hydrogens (tertiary/aromatic N) is 1. The number of hydrogen-bond donors (Lipinski definition) is 1. The van der Waals surface area contributed by atoms with Gasteiger partial charge in [-0.25, -0.2) is 0 Å². The molecule has 0 aromatic rings. The Kier molecular flexibility index (Phi) is 4.66. The van der Waals surface area contributed by atoms with Crippen LogP contribution in [0.3, 0.4) is 0 Å². The molecule has 0 atom stereocenters. The molecule has 0 amide bonds. The third-order valence-corrected chi connectivity index (χ3v) is 3.23. The summed E-state index contributed by atoms with van der Waals surface area (Å²) in [5.74, 6) is 0.730. The van der Waals surface area contributed by atoms with Crippen LogP contribution in [0.15, 0.2) is 0 Å². The van der Waals surface area contributed by atoms with E-state index in [0.717, 1.165) is 12.5 Å². The van der Waals surface area contributed by atoms with Crippen LogP contribution in [0.2, 0.25) is 0 Å². The fourth-order valence-electron chi connectivity index (χ4n) is 2.09. The SMILES string of the molecule is CC(C)CCN(C(N)=S)C1CCCC1. The van der Waals surface area contributed by atoms with Crippen LogP contribution in [-0.2, 0) is 0 Å². The van der Waals surface area contributed by atoms with Crippen molar-refractivity contribution in [3.63, 3.8) is 0 Å². The highest BCUT2D eigenvalue weighted by atomic mass is 32.1. The fourth-order valence-corrected chi connectivity index (χ4v) is 2.33. The Morgan fingerprint density at radius 3 is 2.43 bits per heavy atom. The van der Waals surface area contributed by atoms with Gasteiger partial charge < -0.3 is 10.6 Å². The summed E-state index contributed by atoms with van der Waals surface area (Å²) in [6.07, 6.45) is 6.41. The molecule has 0 heterocycles. The zero-order valence-electron chi connectivity index (χ0n) is 9.33. The molecule has 2 N–H and O–H groups in total. The van der Waals surface area contributed by atoms with Crippen molar-refractivity contribution in [1.29, 1.82) is 0 Å². The van der Waals surface area contributed by atoms with Crippen LogP contribution in [0, 0.1) is 5.92 Å². The van der Waals surface area contributed by atoms with E-state index in [1.54, 1.807) is 0 Å². The Bertz CT molecular complexity index is 186. The van der Waals surface area contributed by atoms with Gasteiger partial charge in [-0.2, -0.15) is 0 Å². The monoisotopic (exact) mass is 214 g/mol. The molecule has 0 spiro atoms. The molecule has 0 saturated heterocycles. The molecule has 0 bridgehead atoms. The molecule has 0 aromatic heterocycles. The Morgan fingerprint density at radius 2 is 2.00 bits per heavy atom. The van der Waals surface area contributed by atoms with E-state index in [-0.39, 0.29) is 0 Å². The number of rotatable bonds is 4. The predicted molar refractivity (Wildman–Crippen MR) is 65.2 cm³/mol. The molecule has 1 fully saturated rings. The quantitative estimate of drug-likeness (QED) is 0.729. The molecule has 2 nitrogen and oxygen atoms in total. The summed E-state index contributed by atoms with van der Waals surface area (Å²) in [4.78, 5) is 2.24. The van der Waals surface area contributed by atoms with Crippen LogP contribution in [0.1, 0.15) is 46.0 Å². The second-order valence-corrected chi connectivity index (χ2v) is 5.07. The van der Waals surface area contributed by atoms with Crippen molar-refractivity contribution in [2.45, 2.75) is 52.0 Å². The highest BCUT2D eigenvalue weighted by molar-refractivity contribution is 7.80. The minimum absolute atomic E-state index is 0.595. The molecule has 1 aliphatic rings. The lowest BCUT2D eigenvalue weighted by Gasteiger charge is -2.30. The van der Waals surface area contributed by atoms with Crippen molar-refractivity contribution >= 4 is 17.3 Å². The van der Waals surface area contributed by atoms with E-state index in [2.05, 4.69) is 18.7 Å². The van der Waals surface area contributed by atoms with Gasteiger partial charge in [-0.1, -0.05) is 26.7 Å². The molecule has 0 aromatic carbocycles. The van der Waals surface area contributed by atoms with Gasteiger partial charge in [0.05, 0.1) is 0 Å². The van der Waals surface area contributed by atoms with E-state index in [4.69, 9.17) is 18.0 Å². The van der Waals surface area contributed by atoms with Crippen molar-refractivity contribution in [2.24, 2.45) is 11.7 Å². The number of hydrogen-bond acceptors (Lipinski definition) is 1. The van der Waals surface area contributed by atoms with Gasteiger partial charge in [0.1, 0.15) is 0 Å².